The number of carbonyl (C=O) groups is 1. The highest BCUT2D eigenvalue weighted by Gasteiger charge is 2.19. The van der Waals surface area contributed by atoms with Crippen molar-refractivity contribution in [1.29, 1.82) is 0 Å². The van der Waals surface area contributed by atoms with Crippen molar-refractivity contribution in [3.05, 3.63) is 34.3 Å². The Morgan fingerprint density at radius 3 is 2.45 bits per heavy atom. The first-order valence-electron chi connectivity index (χ1n) is 8.70. The van der Waals surface area contributed by atoms with Crippen molar-refractivity contribution < 1.29 is 4.79 Å². The average molecular weight is 322 g/mol. The molecule has 0 atom stereocenters. The summed E-state index contributed by atoms with van der Waals surface area (Å²) < 4.78 is 0. The van der Waals surface area contributed by atoms with Crippen molar-refractivity contribution in [1.82, 2.24) is 4.90 Å². The van der Waals surface area contributed by atoms with Gasteiger partial charge < -0.3 is 4.90 Å². The maximum absolute atomic E-state index is 12.3. The highest BCUT2D eigenvalue weighted by molar-refractivity contribution is 6.31. The van der Waals surface area contributed by atoms with Crippen molar-refractivity contribution in [2.75, 3.05) is 19.6 Å². The van der Waals surface area contributed by atoms with Crippen LogP contribution in [0.25, 0.3) is 0 Å². The Morgan fingerprint density at radius 2 is 1.86 bits per heavy atom. The van der Waals surface area contributed by atoms with Gasteiger partial charge in [-0.1, -0.05) is 56.8 Å². The Labute approximate surface area is 139 Å². The molecular weight excluding hydrogens is 294 g/mol. The molecule has 0 heterocycles. The van der Waals surface area contributed by atoms with E-state index in [1.807, 2.05) is 12.1 Å². The van der Waals surface area contributed by atoms with Gasteiger partial charge in [-0.3, -0.25) is 4.79 Å². The van der Waals surface area contributed by atoms with Gasteiger partial charge in [-0.15, -0.1) is 0 Å². The Morgan fingerprint density at radius 1 is 1.18 bits per heavy atom. The Hall–Kier alpha value is -0.860. The van der Waals surface area contributed by atoms with E-state index in [0.29, 0.717) is 12.3 Å². The first-order valence-corrected chi connectivity index (χ1v) is 9.08. The molecule has 0 bridgehead atoms. The summed E-state index contributed by atoms with van der Waals surface area (Å²) in [6, 6.07) is 5.94. The van der Waals surface area contributed by atoms with Gasteiger partial charge in [0.1, 0.15) is 0 Å². The molecule has 0 aliphatic heterocycles. The highest BCUT2D eigenvalue weighted by Crippen LogP contribution is 2.36. The molecule has 0 N–H and O–H groups in total. The summed E-state index contributed by atoms with van der Waals surface area (Å²) in [5, 5.41) is 0.778. The zero-order valence-electron chi connectivity index (χ0n) is 13.9. The Bertz CT molecular complexity index is 490. The summed E-state index contributed by atoms with van der Waals surface area (Å²) in [6.45, 7) is 7.07. The number of hydrogen-bond acceptors (Lipinski definition) is 2. The molecule has 2 rings (SSSR count). The van der Waals surface area contributed by atoms with Gasteiger partial charge >= 0.3 is 0 Å². The molecule has 22 heavy (non-hydrogen) atoms. The van der Waals surface area contributed by atoms with Crippen molar-refractivity contribution in [2.45, 2.75) is 58.3 Å². The molecule has 1 aromatic carbocycles. The van der Waals surface area contributed by atoms with Gasteiger partial charge in [-0.25, -0.2) is 0 Å². The van der Waals surface area contributed by atoms with Crippen molar-refractivity contribution in [3.8, 4) is 0 Å². The topological polar surface area (TPSA) is 20.3 Å². The molecule has 1 saturated carbocycles. The van der Waals surface area contributed by atoms with Crippen molar-refractivity contribution in [3.63, 3.8) is 0 Å². The summed E-state index contributed by atoms with van der Waals surface area (Å²) >= 11 is 6.46. The fourth-order valence-corrected chi connectivity index (χ4v) is 3.72. The standard InChI is InChI=1S/C19H28ClNO/c1-3-21(4-2)13-12-19(22)16-10-11-17(18(20)14-16)15-8-6-5-7-9-15/h10-11,14-15H,3-9,12-13H2,1-2H3. The molecule has 1 aliphatic carbocycles. The fourth-order valence-electron chi connectivity index (χ4n) is 3.39. The van der Waals surface area contributed by atoms with Crippen molar-refractivity contribution >= 4 is 17.4 Å². The van der Waals surface area contributed by atoms with Crippen LogP contribution in [0.5, 0.6) is 0 Å². The lowest BCUT2D eigenvalue weighted by Gasteiger charge is -2.23. The molecule has 122 valence electrons. The zero-order valence-corrected chi connectivity index (χ0v) is 14.7. The quantitative estimate of drug-likeness (QED) is 0.635. The number of Topliss-reactive ketones (excluding diaryl/α,β-unsaturated/α-hetero) is 1. The predicted molar refractivity (Wildman–Crippen MR) is 94.0 cm³/mol. The van der Waals surface area contributed by atoms with Crippen LogP contribution in [-0.2, 0) is 0 Å². The molecule has 0 saturated heterocycles. The minimum Gasteiger partial charge on any atom is -0.303 e. The van der Waals surface area contributed by atoms with Crippen LogP contribution in [0.1, 0.15) is 74.2 Å². The monoisotopic (exact) mass is 321 g/mol. The van der Waals surface area contributed by atoms with Crippen LogP contribution in [0, 0.1) is 0 Å². The zero-order chi connectivity index (χ0) is 15.9. The number of carbonyl (C=O) groups excluding carboxylic acids is 1. The second-order valence-electron chi connectivity index (χ2n) is 6.27. The van der Waals surface area contributed by atoms with E-state index < -0.39 is 0 Å². The largest absolute Gasteiger partial charge is 0.303 e. The van der Waals surface area contributed by atoms with Gasteiger partial charge in [0.2, 0.25) is 0 Å². The number of ketones is 1. The van der Waals surface area contributed by atoms with Crippen LogP contribution in [0.2, 0.25) is 5.02 Å². The molecule has 1 fully saturated rings. The molecule has 0 spiro atoms. The van der Waals surface area contributed by atoms with E-state index in [4.69, 9.17) is 11.6 Å². The SMILES string of the molecule is CCN(CC)CCC(=O)c1ccc(C2CCCCC2)c(Cl)c1. The lowest BCUT2D eigenvalue weighted by molar-refractivity contribution is 0.0966. The summed E-state index contributed by atoms with van der Waals surface area (Å²) in [5.41, 5.74) is 2.00. The summed E-state index contributed by atoms with van der Waals surface area (Å²) in [5.74, 6) is 0.782. The number of benzene rings is 1. The molecule has 0 unspecified atom stereocenters. The highest BCUT2D eigenvalue weighted by atomic mass is 35.5. The van der Waals surface area contributed by atoms with Gasteiger partial charge in [0.25, 0.3) is 0 Å². The van der Waals surface area contributed by atoms with Gasteiger partial charge in [0, 0.05) is 23.6 Å². The Balaban J connectivity index is 2.00. The van der Waals surface area contributed by atoms with E-state index in [2.05, 4.69) is 24.8 Å². The van der Waals surface area contributed by atoms with E-state index in [1.54, 1.807) is 0 Å². The first kappa shape index (κ1) is 17.5. The molecule has 0 amide bonds. The first-order chi connectivity index (χ1) is 10.7. The third-order valence-electron chi connectivity index (χ3n) is 4.92. The average Bonchev–Trinajstić information content (AvgIpc) is 2.56. The maximum atomic E-state index is 12.3. The van der Waals surface area contributed by atoms with E-state index in [-0.39, 0.29) is 5.78 Å². The van der Waals surface area contributed by atoms with Crippen molar-refractivity contribution in [2.24, 2.45) is 0 Å². The van der Waals surface area contributed by atoms with Gasteiger partial charge in [-0.05, 0) is 43.5 Å². The summed E-state index contributed by atoms with van der Waals surface area (Å²) in [4.78, 5) is 14.6. The molecule has 3 heteroatoms. The Kier molecular flexibility index (Phi) is 6.91. The van der Waals surface area contributed by atoms with E-state index >= 15 is 0 Å². The normalized spacial score (nSPS) is 16.2. The number of hydrogen-bond donors (Lipinski definition) is 0. The van der Waals surface area contributed by atoms with Crippen LogP contribution >= 0.6 is 11.6 Å². The van der Waals surface area contributed by atoms with Crippen LogP contribution in [0.15, 0.2) is 18.2 Å². The number of rotatable bonds is 7. The second kappa shape index (κ2) is 8.69. The minimum atomic E-state index is 0.198. The molecule has 2 nitrogen and oxygen atoms in total. The van der Waals surface area contributed by atoms with Gasteiger partial charge in [-0.2, -0.15) is 0 Å². The van der Waals surface area contributed by atoms with Crippen LogP contribution < -0.4 is 0 Å². The predicted octanol–water partition coefficient (Wildman–Crippen LogP) is 5.30. The summed E-state index contributed by atoms with van der Waals surface area (Å²) in [6.07, 6.45) is 6.97. The molecule has 1 aromatic rings. The van der Waals surface area contributed by atoms with E-state index in [9.17, 15) is 4.79 Å². The van der Waals surface area contributed by atoms with Crippen LogP contribution in [0.4, 0.5) is 0 Å². The minimum absolute atomic E-state index is 0.198. The fraction of sp³-hybridized carbons (Fsp3) is 0.632. The molecule has 0 aromatic heterocycles. The molecule has 1 aliphatic rings. The lowest BCUT2D eigenvalue weighted by Crippen LogP contribution is -2.25. The van der Waals surface area contributed by atoms with Gasteiger partial charge in [0.05, 0.1) is 0 Å². The lowest BCUT2D eigenvalue weighted by atomic mass is 9.83. The molecular formula is C19H28ClNO. The summed E-state index contributed by atoms with van der Waals surface area (Å²) in [7, 11) is 0. The second-order valence-corrected chi connectivity index (χ2v) is 6.68. The molecule has 0 radical (unpaired) electrons. The van der Waals surface area contributed by atoms with Crippen LogP contribution in [0.3, 0.4) is 0 Å². The number of nitrogens with zero attached hydrogens (tertiary/aromatic N) is 1. The smallest absolute Gasteiger partial charge is 0.164 e. The third-order valence-corrected chi connectivity index (χ3v) is 5.24. The van der Waals surface area contributed by atoms with E-state index in [0.717, 1.165) is 30.2 Å². The third kappa shape index (κ3) is 4.57. The van der Waals surface area contributed by atoms with Crippen LogP contribution in [-0.4, -0.2) is 30.3 Å². The van der Waals surface area contributed by atoms with E-state index in [1.165, 1.54) is 37.7 Å². The maximum Gasteiger partial charge on any atom is 0.164 e. The number of halogens is 1. The van der Waals surface area contributed by atoms with Gasteiger partial charge in [0.15, 0.2) is 5.78 Å².